The summed E-state index contributed by atoms with van der Waals surface area (Å²) >= 11 is 0. The Morgan fingerprint density at radius 2 is 2.12 bits per heavy atom. The second-order valence-corrected chi connectivity index (χ2v) is 3.65. The SMILES string of the molecule is NC(=O)C1CC(Oc2ccc(F)cc2)CO1. The lowest BCUT2D eigenvalue weighted by Crippen LogP contribution is -2.28. The van der Waals surface area contributed by atoms with E-state index in [4.69, 9.17) is 15.2 Å². The van der Waals surface area contributed by atoms with Crippen molar-refractivity contribution in [3.05, 3.63) is 30.1 Å². The number of hydrogen-bond acceptors (Lipinski definition) is 3. The van der Waals surface area contributed by atoms with Gasteiger partial charge in [-0.3, -0.25) is 4.79 Å². The Bertz CT molecular complexity index is 379. The van der Waals surface area contributed by atoms with E-state index in [2.05, 4.69) is 0 Å². The smallest absolute Gasteiger partial charge is 0.246 e. The van der Waals surface area contributed by atoms with E-state index < -0.39 is 12.0 Å². The largest absolute Gasteiger partial charge is 0.488 e. The zero-order valence-electron chi connectivity index (χ0n) is 8.56. The molecule has 2 unspecified atom stereocenters. The van der Waals surface area contributed by atoms with Crippen LogP contribution in [-0.2, 0) is 9.53 Å². The molecule has 1 fully saturated rings. The van der Waals surface area contributed by atoms with Crippen LogP contribution in [0.2, 0.25) is 0 Å². The molecule has 4 nitrogen and oxygen atoms in total. The average molecular weight is 225 g/mol. The predicted octanol–water partition coefficient (Wildman–Crippen LogP) is 0.847. The number of ether oxygens (including phenoxy) is 2. The Kier molecular flexibility index (Phi) is 3.05. The Morgan fingerprint density at radius 1 is 1.44 bits per heavy atom. The molecular weight excluding hydrogens is 213 g/mol. The number of rotatable bonds is 3. The summed E-state index contributed by atoms with van der Waals surface area (Å²) in [5.74, 6) is -0.240. The molecule has 16 heavy (non-hydrogen) atoms. The van der Waals surface area contributed by atoms with Crippen LogP contribution < -0.4 is 10.5 Å². The summed E-state index contributed by atoms with van der Waals surface area (Å²) in [4.78, 5) is 10.8. The first-order chi connectivity index (χ1) is 7.65. The van der Waals surface area contributed by atoms with Gasteiger partial charge in [0.2, 0.25) is 5.91 Å². The van der Waals surface area contributed by atoms with E-state index in [9.17, 15) is 9.18 Å². The molecule has 1 aromatic carbocycles. The van der Waals surface area contributed by atoms with Gasteiger partial charge in [0.25, 0.3) is 0 Å². The summed E-state index contributed by atoms with van der Waals surface area (Å²) < 4.78 is 23.3. The van der Waals surface area contributed by atoms with Crippen molar-refractivity contribution in [3.8, 4) is 5.75 Å². The Hall–Kier alpha value is -1.62. The van der Waals surface area contributed by atoms with Crippen LogP contribution in [0.1, 0.15) is 6.42 Å². The van der Waals surface area contributed by atoms with Crippen LogP contribution in [0.3, 0.4) is 0 Å². The van der Waals surface area contributed by atoms with Gasteiger partial charge in [-0.1, -0.05) is 0 Å². The molecule has 86 valence electrons. The highest BCUT2D eigenvalue weighted by molar-refractivity contribution is 5.79. The third-order valence-electron chi connectivity index (χ3n) is 2.39. The standard InChI is InChI=1S/C11H12FNO3/c12-7-1-3-8(4-2-7)16-9-5-10(11(13)14)15-6-9/h1-4,9-10H,5-6H2,(H2,13,14). The highest BCUT2D eigenvalue weighted by Gasteiger charge is 2.30. The van der Waals surface area contributed by atoms with E-state index >= 15 is 0 Å². The second-order valence-electron chi connectivity index (χ2n) is 3.65. The summed E-state index contributed by atoms with van der Waals surface area (Å²) in [6.07, 6.45) is -0.347. The Labute approximate surface area is 92.1 Å². The van der Waals surface area contributed by atoms with Crippen molar-refractivity contribution < 1.29 is 18.7 Å². The fourth-order valence-electron chi connectivity index (χ4n) is 1.58. The Morgan fingerprint density at radius 3 is 2.69 bits per heavy atom. The number of carbonyl (C=O) groups is 1. The van der Waals surface area contributed by atoms with Crippen LogP contribution in [0.25, 0.3) is 0 Å². The molecule has 2 atom stereocenters. The predicted molar refractivity (Wildman–Crippen MR) is 54.4 cm³/mol. The van der Waals surface area contributed by atoms with Crippen molar-refractivity contribution in [1.29, 1.82) is 0 Å². The van der Waals surface area contributed by atoms with Crippen LogP contribution in [0.5, 0.6) is 5.75 Å². The lowest BCUT2D eigenvalue weighted by molar-refractivity contribution is -0.126. The maximum Gasteiger partial charge on any atom is 0.246 e. The topological polar surface area (TPSA) is 61.6 Å². The van der Waals surface area contributed by atoms with Gasteiger partial charge >= 0.3 is 0 Å². The van der Waals surface area contributed by atoms with Gasteiger partial charge in [-0.2, -0.15) is 0 Å². The first kappa shape index (κ1) is 10.9. The summed E-state index contributed by atoms with van der Waals surface area (Å²) in [6.45, 7) is 0.324. The fraction of sp³-hybridized carbons (Fsp3) is 0.364. The van der Waals surface area contributed by atoms with Crippen molar-refractivity contribution in [2.75, 3.05) is 6.61 Å². The fourth-order valence-corrected chi connectivity index (χ4v) is 1.58. The third-order valence-corrected chi connectivity index (χ3v) is 2.39. The van der Waals surface area contributed by atoms with Crippen molar-refractivity contribution in [1.82, 2.24) is 0 Å². The van der Waals surface area contributed by atoms with E-state index in [-0.39, 0.29) is 11.9 Å². The minimum Gasteiger partial charge on any atom is -0.488 e. The molecule has 1 amide bonds. The Balaban J connectivity index is 1.92. The van der Waals surface area contributed by atoms with Crippen LogP contribution in [0.15, 0.2) is 24.3 Å². The zero-order valence-corrected chi connectivity index (χ0v) is 8.56. The first-order valence-electron chi connectivity index (χ1n) is 4.98. The maximum absolute atomic E-state index is 12.6. The van der Waals surface area contributed by atoms with E-state index in [1.165, 1.54) is 24.3 Å². The van der Waals surface area contributed by atoms with Crippen LogP contribution in [-0.4, -0.2) is 24.7 Å². The lowest BCUT2D eigenvalue weighted by atomic mass is 10.2. The lowest BCUT2D eigenvalue weighted by Gasteiger charge is -2.11. The van der Waals surface area contributed by atoms with E-state index in [0.717, 1.165) is 0 Å². The molecule has 1 saturated heterocycles. The minimum atomic E-state index is -0.578. The summed E-state index contributed by atoms with van der Waals surface area (Å²) in [5, 5.41) is 0. The van der Waals surface area contributed by atoms with E-state index in [0.29, 0.717) is 18.8 Å². The highest BCUT2D eigenvalue weighted by atomic mass is 19.1. The van der Waals surface area contributed by atoms with Gasteiger partial charge in [-0.05, 0) is 24.3 Å². The number of carbonyl (C=O) groups excluding carboxylic acids is 1. The quantitative estimate of drug-likeness (QED) is 0.829. The number of hydrogen-bond donors (Lipinski definition) is 1. The molecule has 1 aromatic rings. The molecule has 2 N–H and O–H groups in total. The molecule has 0 bridgehead atoms. The summed E-state index contributed by atoms with van der Waals surface area (Å²) in [5.41, 5.74) is 5.10. The van der Waals surface area contributed by atoms with Gasteiger partial charge in [0.1, 0.15) is 23.8 Å². The first-order valence-corrected chi connectivity index (χ1v) is 4.98. The van der Waals surface area contributed by atoms with Crippen molar-refractivity contribution in [2.45, 2.75) is 18.6 Å². The van der Waals surface area contributed by atoms with Crippen molar-refractivity contribution >= 4 is 5.91 Å². The van der Waals surface area contributed by atoms with Crippen molar-refractivity contribution in [2.24, 2.45) is 5.73 Å². The van der Waals surface area contributed by atoms with E-state index in [1.54, 1.807) is 0 Å². The number of halogens is 1. The average Bonchev–Trinajstić information content (AvgIpc) is 2.70. The molecule has 0 aliphatic carbocycles. The van der Waals surface area contributed by atoms with Gasteiger partial charge in [-0.15, -0.1) is 0 Å². The second kappa shape index (κ2) is 4.49. The molecule has 0 radical (unpaired) electrons. The van der Waals surface area contributed by atoms with Crippen LogP contribution in [0, 0.1) is 5.82 Å². The molecule has 5 heteroatoms. The third kappa shape index (κ3) is 2.49. The molecular formula is C11H12FNO3. The molecule has 0 saturated carbocycles. The molecule has 0 aromatic heterocycles. The van der Waals surface area contributed by atoms with Gasteiger partial charge in [0.15, 0.2) is 0 Å². The monoisotopic (exact) mass is 225 g/mol. The van der Waals surface area contributed by atoms with Gasteiger partial charge in [0.05, 0.1) is 6.61 Å². The summed E-state index contributed by atoms with van der Waals surface area (Å²) in [7, 11) is 0. The van der Waals surface area contributed by atoms with Crippen LogP contribution in [0.4, 0.5) is 4.39 Å². The van der Waals surface area contributed by atoms with Gasteiger partial charge in [-0.25, -0.2) is 4.39 Å². The highest BCUT2D eigenvalue weighted by Crippen LogP contribution is 2.20. The molecule has 0 spiro atoms. The minimum absolute atomic E-state index is 0.206. The van der Waals surface area contributed by atoms with Gasteiger partial charge < -0.3 is 15.2 Å². The summed E-state index contributed by atoms with van der Waals surface area (Å²) in [6, 6.07) is 5.70. The normalized spacial score (nSPS) is 24.3. The number of amides is 1. The number of primary amides is 1. The number of nitrogens with two attached hydrogens (primary N) is 1. The molecule has 1 aliphatic rings. The number of benzene rings is 1. The zero-order chi connectivity index (χ0) is 11.5. The van der Waals surface area contributed by atoms with Gasteiger partial charge in [0, 0.05) is 6.42 Å². The van der Waals surface area contributed by atoms with Crippen LogP contribution >= 0.6 is 0 Å². The molecule has 1 heterocycles. The molecule has 1 aliphatic heterocycles. The maximum atomic E-state index is 12.6. The molecule has 2 rings (SSSR count). The van der Waals surface area contributed by atoms with Crippen molar-refractivity contribution in [3.63, 3.8) is 0 Å². The van der Waals surface area contributed by atoms with E-state index in [1.807, 2.05) is 0 Å².